The van der Waals surface area contributed by atoms with Gasteiger partial charge in [-0.2, -0.15) is 0 Å². The van der Waals surface area contributed by atoms with Crippen LogP contribution < -0.4 is 39.2 Å². The molecule has 0 bridgehead atoms. The molecule has 91 heavy (non-hydrogen) atoms. The quantitative estimate of drug-likeness (QED) is 0.139. The summed E-state index contributed by atoms with van der Waals surface area (Å²) in [7, 11) is 2.10. The van der Waals surface area contributed by atoms with Crippen molar-refractivity contribution in [3.63, 3.8) is 0 Å². The Morgan fingerprint density at radius 1 is 0.264 bits per heavy atom. The molecule has 0 amide bonds. The topological polar surface area (TPSA) is 32.4 Å². The van der Waals surface area contributed by atoms with Gasteiger partial charge in [0.15, 0.2) is 0 Å². The lowest BCUT2D eigenvalue weighted by Gasteiger charge is -2.33. The number of benzene rings is 8. The monoisotopic (exact) mass is 1210 g/mol. The van der Waals surface area contributed by atoms with E-state index in [1.165, 1.54) is 95.6 Å². The number of aryl methyl sites for hydroxylation is 9. The molecule has 0 saturated carbocycles. The Kier molecular flexibility index (Phi) is 21.6. The summed E-state index contributed by atoms with van der Waals surface area (Å²) in [5, 5.41) is 0. The fourth-order valence-electron chi connectivity index (χ4n) is 12.8. The molecule has 10 heteroatoms. The summed E-state index contributed by atoms with van der Waals surface area (Å²) in [6.45, 7) is 35.1. The maximum Gasteiger partial charge on any atom is 0.107 e. The van der Waals surface area contributed by atoms with Gasteiger partial charge in [-0.3, -0.25) is 0 Å². The summed E-state index contributed by atoms with van der Waals surface area (Å²) >= 11 is 0. The smallest absolute Gasteiger partial charge is 0.107 e. The van der Waals surface area contributed by atoms with E-state index in [2.05, 4.69) is 411 Å². The lowest BCUT2D eigenvalue weighted by Crippen LogP contribution is -2.39. The minimum absolute atomic E-state index is 0.283. The Hall–Kier alpha value is -9.54. The zero-order valence-corrected chi connectivity index (χ0v) is 57.1. The van der Waals surface area contributed by atoms with Crippen LogP contribution in [0.5, 0.6) is 0 Å². The van der Waals surface area contributed by atoms with Gasteiger partial charge in [-0.1, -0.05) is 133 Å². The van der Waals surface area contributed by atoms with Crippen LogP contribution in [0.2, 0.25) is 0 Å². The van der Waals surface area contributed by atoms with Crippen LogP contribution in [0.3, 0.4) is 0 Å². The number of nitrogens with zero attached hydrogens (tertiary/aromatic N) is 10. The standard InChI is InChI=1S/2C19H22N2.C17H18N2.C14H20N2.C12H16N2/c1-14-8-5-6-11-18(14)20-12-13-21(17(20)4)19-15(2)9-7-10-16(19)3;1-14-11-15(2)13-18(12-14)20-9-10-21(17(20)4)19-8-6-5-7-16(19)3;1-14-8-6-7-11-17(14)19-13-12-18(15(19)2)16-9-4-3-5-10-16;1-11(2)15-9-10-16(13(15)4)14-8-6-5-7-12(14)3;1-10-6-4-5-7-12(10)14-9-8-13(3)11(14)2/h2*5-13,17H,1-4H3;3-13,15H,1-2H3;5-11,13H,1-4H3;4-9,11H,1-3H3/t2*17-;15-;13-;11-/m01111/s1. The van der Waals surface area contributed by atoms with Crippen molar-refractivity contribution in [2.24, 2.45) is 0 Å². The first kappa shape index (κ1) is 65.9. The molecular weight excluding hydrogens is 1110 g/mol. The third-order valence-corrected chi connectivity index (χ3v) is 18.1. The van der Waals surface area contributed by atoms with Crippen molar-refractivity contribution in [1.82, 2.24) is 9.80 Å². The number of rotatable bonds is 9. The lowest BCUT2D eigenvalue weighted by molar-refractivity contribution is 0.263. The number of hydrogen-bond acceptors (Lipinski definition) is 10. The Labute approximate surface area is 546 Å². The molecule has 0 spiro atoms. The van der Waals surface area contributed by atoms with Crippen molar-refractivity contribution in [2.75, 3.05) is 46.2 Å². The van der Waals surface area contributed by atoms with E-state index in [4.69, 9.17) is 0 Å². The molecule has 472 valence electrons. The summed E-state index contributed by atoms with van der Waals surface area (Å²) in [5.74, 6) is 0. The van der Waals surface area contributed by atoms with Crippen LogP contribution in [0, 0.1) is 62.3 Å². The molecule has 10 nitrogen and oxygen atoms in total. The zero-order valence-electron chi connectivity index (χ0n) is 57.1. The van der Waals surface area contributed by atoms with E-state index in [9.17, 15) is 0 Å². The van der Waals surface area contributed by atoms with Crippen LogP contribution >= 0.6 is 0 Å². The van der Waals surface area contributed by atoms with E-state index < -0.39 is 0 Å². The Morgan fingerprint density at radius 2 is 0.560 bits per heavy atom. The van der Waals surface area contributed by atoms with Gasteiger partial charge in [0.25, 0.3) is 0 Å². The average molecular weight is 1210 g/mol. The van der Waals surface area contributed by atoms with Crippen LogP contribution in [0.1, 0.15) is 98.5 Å². The Bertz CT molecular complexity index is 3820. The number of para-hydroxylation sites is 7. The molecule has 0 aliphatic carbocycles. The second-order valence-corrected chi connectivity index (χ2v) is 25.0. The maximum absolute atomic E-state index is 2.37. The summed E-state index contributed by atoms with van der Waals surface area (Å²) < 4.78 is 0. The second-order valence-electron chi connectivity index (χ2n) is 25.0. The molecule has 5 aliphatic heterocycles. The van der Waals surface area contributed by atoms with Gasteiger partial charge < -0.3 is 49.0 Å². The van der Waals surface area contributed by atoms with Gasteiger partial charge in [-0.15, -0.1) is 0 Å². The fourth-order valence-corrected chi connectivity index (χ4v) is 12.8. The van der Waals surface area contributed by atoms with Crippen molar-refractivity contribution in [2.45, 2.75) is 148 Å². The van der Waals surface area contributed by atoms with Gasteiger partial charge >= 0.3 is 0 Å². The average Bonchev–Trinajstić information content (AvgIpc) is 1.75. The minimum atomic E-state index is 0.283. The van der Waals surface area contributed by atoms with Gasteiger partial charge in [0, 0.05) is 121 Å². The third kappa shape index (κ3) is 15.2. The fraction of sp³-hybridized carbons (Fsp3) is 0.284. The van der Waals surface area contributed by atoms with Crippen LogP contribution in [0.25, 0.3) is 0 Å². The van der Waals surface area contributed by atoms with E-state index in [1.54, 1.807) is 0 Å². The number of anilines is 8. The van der Waals surface area contributed by atoms with Crippen LogP contribution in [-0.4, -0.2) is 53.7 Å². The molecule has 0 saturated heterocycles. The SMILES string of the molecule is Cc1cc(C)cc(N2C=CN(c3ccccc3C)[C@@H]2C)c1.Cc1ccccc1N1C=CN(C(C)C)[C@H]1C.Cc1ccccc1N1C=CN(C)[C@H]1C.Cc1ccccc1N1C=CN(c2c(C)cccc2C)[C@H]1C.Cc1ccccc1N1C=CN(c2ccccc2)[C@H]1C. The molecule has 8 aromatic rings. The highest BCUT2D eigenvalue weighted by Crippen LogP contribution is 2.37. The first-order chi connectivity index (χ1) is 43.7. The Morgan fingerprint density at radius 3 is 0.923 bits per heavy atom. The molecule has 0 aromatic heterocycles. The second kappa shape index (κ2) is 29.8. The zero-order chi connectivity index (χ0) is 65.0. The van der Waals surface area contributed by atoms with E-state index in [0.29, 0.717) is 24.5 Å². The van der Waals surface area contributed by atoms with E-state index >= 15 is 0 Å². The molecule has 5 aliphatic rings. The summed E-state index contributed by atoms with van der Waals surface area (Å²) in [5.41, 5.74) is 22.0. The molecule has 13 rings (SSSR count). The van der Waals surface area contributed by atoms with Gasteiger partial charge in [-0.25, -0.2) is 0 Å². The van der Waals surface area contributed by atoms with Crippen molar-refractivity contribution in [3.05, 3.63) is 300 Å². The van der Waals surface area contributed by atoms with E-state index in [0.717, 1.165) is 0 Å². The Balaban J connectivity index is 0.000000136. The van der Waals surface area contributed by atoms with E-state index in [1.807, 2.05) is 6.07 Å². The first-order valence-electron chi connectivity index (χ1n) is 32.4. The summed E-state index contributed by atoms with van der Waals surface area (Å²) in [6, 6.07) is 66.8. The molecule has 0 N–H and O–H groups in total. The molecule has 8 aromatic carbocycles. The highest BCUT2D eigenvalue weighted by Gasteiger charge is 2.30. The number of hydrogen-bond donors (Lipinski definition) is 0. The highest BCUT2D eigenvalue weighted by molar-refractivity contribution is 5.69. The van der Waals surface area contributed by atoms with Gasteiger partial charge in [0.2, 0.25) is 0 Å². The molecule has 0 radical (unpaired) electrons. The highest BCUT2D eigenvalue weighted by atomic mass is 15.4. The van der Waals surface area contributed by atoms with Crippen molar-refractivity contribution < 1.29 is 0 Å². The predicted molar refractivity (Wildman–Crippen MR) is 392 cm³/mol. The van der Waals surface area contributed by atoms with Crippen LogP contribution in [0.4, 0.5) is 45.5 Å². The molecule has 0 fully saturated rings. The summed E-state index contributed by atoms with van der Waals surface area (Å²) in [4.78, 5) is 23.1. The maximum atomic E-state index is 2.37. The minimum Gasteiger partial charge on any atom is -0.359 e. The molecule has 5 heterocycles. The van der Waals surface area contributed by atoms with Crippen molar-refractivity contribution in [3.8, 4) is 0 Å². The van der Waals surface area contributed by atoms with Gasteiger partial charge in [0.1, 0.15) is 30.8 Å². The van der Waals surface area contributed by atoms with Crippen LogP contribution in [0.15, 0.2) is 250 Å². The van der Waals surface area contributed by atoms with Crippen molar-refractivity contribution >= 4 is 45.5 Å². The lowest BCUT2D eigenvalue weighted by atomic mass is 10.1. The largest absolute Gasteiger partial charge is 0.359 e. The van der Waals surface area contributed by atoms with Crippen molar-refractivity contribution in [1.29, 1.82) is 0 Å². The van der Waals surface area contributed by atoms with Gasteiger partial charge in [-0.05, 0) is 215 Å². The normalized spacial score (nSPS) is 18.6. The van der Waals surface area contributed by atoms with Gasteiger partial charge in [0.05, 0.1) is 0 Å². The molecule has 5 atom stereocenters. The predicted octanol–water partition coefficient (Wildman–Crippen LogP) is 19.6. The molecular formula is C81H98N10. The third-order valence-electron chi connectivity index (χ3n) is 18.1. The van der Waals surface area contributed by atoms with Crippen LogP contribution in [-0.2, 0) is 0 Å². The first-order valence-corrected chi connectivity index (χ1v) is 32.4. The summed E-state index contributed by atoms with van der Waals surface area (Å²) in [6.07, 6.45) is 23.3. The molecule has 0 unspecified atom stereocenters. The van der Waals surface area contributed by atoms with E-state index in [-0.39, 0.29) is 12.3 Å².